The van der Waals surface area contributed by atoms with Gasteiger partial charge in [0, 0.05) is 23.0 Å². The van der Waals surface area contributed by atoms with Crippen LogP contribution in [-0.4, -0.2) is 15.3 Å². The lowest BCUT2D eigenvalue weighted by Crippen LogP contribution is -2.22. The Morgan fingerprint density at radius 2 is 2.00 bits per heavy atom. The number of carbonyl (C=O) groups is 1. The summed E-state index contributed by atoms with van der Waals surface area (Å²) in [7, 11) is 0. The zero-order chi connectivity index (χ0) is 17.3. The second-order valence-electron chi connectivity index (χ2n) is 5.11. The maximum Gasteiger partial charge on any atom is 0.417 e. The van der Waals surface area contributed by atoms with Gasteiger partial charge in [0.05, 0.1) is 17.8 Å². The minimum atomic E-state index is -4.42. The number of halogens is 4. The molecule has 1 N–H and O–H groups in total. The van der Waals surface area contributed by atoms with Gasteiger partial charge in [0.1, 0.15) is 5.65 Å². The molecule has 0 fully saturated rings. The standard InChI is InChI=1S/C16H11ClF3N3O/c17-12-3-1-2-10(6-12)15(24)21-7-13-9-23-8-11(16(18,19)20)4-5-14(23)22-13/h1-6,8-9H,7H2,(H,21,24). The first-order valence-electron chi connectivity index (χ1n) is 6.91. The molecule has 0 radical (unpaired) electrons. The van der Waals surface area contributed by atoms with Crippen LogP contribution in [0.15, 0.2) is 48.8 Å². The molecule has 0 aliphatic carbocycles. The molecule has 124 valence electrons. The monoisotopic (exact) mass is 353 g/mol. The van der Waals surface area contributed by atoms with Gasteiger partial charge < -0.3 is 9.72 Å². The van der Waals surface area contributed by atoms with Crippen molar-refractivity contribution in [3.8, 4) is 0 Å². The van der Waals surface area contributed by atoms with E-state index in [9.17, 15) is 18.0 Å². The third kappa shape index (κ3) is 3.51. The molecule has 24 heavy (non-hydrogen) atoms. The SMILES string of the molecule is O=C(NCc1cn2cc(C(F)(F)F)ccc2n1)c1cccc(Cl)c1. The Balaban J connectivity index is 1.75. The average molecular weight is 354 g/mol. The molecular weight excluding hydrogens is 343 g/mol. The Labute approximate surface area is 139 Å². The molecule has 0 spiro atoms. The van der Waals surface area contributed by atoms with Crippen LogP contribution in [0.5, 0.6) is 0 Å². The zero-order valence-corrected chi connectivity index (χ0v) is 12.9. The number of fused-ring (bicyclic) bond motifs is 1. The number of carbonyl (C=O) groups excluding carboxylic acids is 1. The van der Waals surface area contributed by atoms with Crippen LogP contribution in [0.2, 0.25) is 5.02 Å². The number of pyridine rings is 1. The molecule has 0 bridgehead atoms. The Hall–Kier alpha value is -2.54. The first-order valence-corrected chi connectivity index (χ1v) is 7.29. The molecule has 3 rings (SSSR count). The van der Waals surface area contributed by atoms with E-state index in [1.807, 2.05) is 0 Å². The summed E-state index contributed by atoms with van der Waals surface area (Å²) in [4.78, 5) is 16.2. The van der Waals surface area contributed by atoms with Crippen molar-refractivity contribution in [1.82, 2.24) is 14.7 Å². The molecule has 2 aromatic heterocycles. The Bertz CT molecular complexity index is 905. The van der Waals surface area contributed by atoms with E-state index in [4.69, 9.17) is 11.6 Å². The van der Waals surface area contributed by atoms with Crippen molar-refractivity contribution in [2.45, 2.75) is 12.7 Å². The predicted molar refractivity (Wildman–Crippen MR) is 82.8 cm³/mol. The predicted octanol–water partition coefficient (Wildman–Crippen LogP) is 3.94. The van der Waals surface area contributed by atoms with Crippen molar-refractivity contribution in [1.29, 1.82) is 0 Å². The number of rotatable bonds is 3. The fourth-order valence-electron chi connectivity index (χ4n) is 2.20. The second-order valence-corrected chi connectivity index (χ2v) is 5.54. The Morgan fingerprint density at radius 1 is 1.21 bits per heavy atom. The summed E-state index contributed by atoms with van der Waals surface area (Å²) in [5, 5.41) is 3.09. The van der Waals surface area contributed by atoms with Crippen LogP contribution in [0.3, 0.4) is 0 Å². The average Bonchev–Trinajstić information content (AvgIpc) is 2.93. The molecule has 0 unspecified atom stereocenters. The van der Waals surface area contributed by atoms with Gasteiger partial charge in [-0.2, -0.15) is 13.2 Å². The summed E-state index contributed by atoms with van der Waals surface area (Å²) in [6.45, 7) is 0.0916. The van der Waals surface area contributed by atoms with Crippen molar-refractivity contribution < 1.29 is 18.0 Å². The highest BCUT2D eigenvalue weighted by molar-refractivity contribution is 6.30. The summed E-state index contributed by atoms with van der Waals surface area (Å²) in [5.41, 5.74) is 0.451. The summed E-state index contributed by atoms with van der Waals surface area (Å²) < 4.78 is 39.4. The molecule has 0 saturated heterocycles. The number of hydrogen-bond donors (Lipinski definition) is 1. The van der Waals surface area contributed by atoms with Gasteiger partial charge in [0.25, 0.3) is 5.91 Å². The van der Waals surface area contributed by atoms with Gasteiger partial charge in [-0.25, -0.2) is 4.98 Å². The van der Waals surface area contributed by atoms with E-state index in [1.165, 1.54) is 22.7 Å². The number of benzene rings is 1. The lowest BCUT2D eigenvalue weighted by atomic mass is 10.2. The Kier molecular flexibility index (Phi) is 4.19. The summed E-state index contributed by atoms with van der Waals surface area (Å²) >= 11 is 5.82. The highest BCUT2D eigenvalue weighted by atomic mass is 35.5. The topological polar surface area (TPSA) is 46.4 Å². The first-order chi connectivity index (χ1) is 11.3. The van der Waals surface area contributed by atoms with E-state index >= 15 is 0 Å². The van der Waals surface area contributed by atoms with Crippen molar-refractivity contribution in [2.75, 3.05) is 0 Å². The first kappa shape index (κ1) is 16.3. The van der Waals surface area contributed by atoms with Crippen LogP contribution in [0.4, 0.5) is 13.2 Å². The number of nitrogens with one attached hydrogen (secondary N) is 1. The minimum absolute atomic E-state index is 0.0916. The van der Waals surface area contributed by atoms with Gasteiger partial charge in [-0.15, -0.1) is 0 Å². The fourth-order valence-corrected chi connectivity index (χ4v) is 2.39. The van der Waals surface area contributed by atoms with E-state index in [1.54, 1.807) is 18.2 Å². The molecule has 0 aliphatic rings. The molecule has 0 atom stereocenters. The smallest absolute Gasteiger partial charge is 0.346 e. The maximum absolute atomic E-state index is 12.7. The highest BCUT2D eigenvalue weighted by Gasteiger charge is 2.30. The van der Waals surface area contributed by atoms with E-state index in [-0.39, 0.29) is 12.5 Å². The van der Waals surface area contributed by atoms with E-state index in [2.05, 4.69) is 10.3 Å². The number of aromatic nitrogens is 2. The van der Waals surface area contributed by atoms with Crippen molar-refractivity contribution in [3.63, 3.8) is 0 Å². The van der Waals surface area contributed by atoms with E-state index in [0.717, 1.165) is 12.3 Å². The van der Waals surface area contributed by atoms with Crippen LogP contribution < -0.4 is 5.32 Å². The number of alkyl halides is 3. The normalized spacial score (nSPS) is 11.7. The molecule has 8 heteroatoms. The van der Waals surface area contributed by atoms with Crippen LogP contribution in [0.1, 0.15) is 21.6 Å². The molecule has 1 aromatic carbocycles. The summed E-state index contributed by atoms with van der Waals surface area (Å²) in [6, 6.07) is 8.69. The molecular formula is C16H11ClF3N3O. The van der Waals surface area contributed by atoms with Crippen LogP contribution in [-0.2, 0) is 12.7 Å². The van der Waals surface area contributed by atoms with Gasteiger partial charge in [-0.3, -0.25) is 4.79 Å². The molecule has 4 nitrogen and oxygen atoms in total. The van der Waals surface area contributed by atoms with Gasteiger partial charge in [0.15, 0.2) is 0 Å². The van der Waals surface area contributed by atoms with Gasteiger partial charge in [-0.1, -0.05) is 17.7 Å². The third-order valence-electron chi connectivity index (χ3n) is 3.35. The Morgan fingerprint density at radius 3 is 2.71 bits per heavy atom. The maximum atomic E-state index is 12.7. The van der Waals surface area contributed by atoms with Gasteiger partial charge in [0.2, 0.25) is 0 Å². The quantitative estimate of drug-likeness (QED) is 0.775. The lowest BCUT2D eigenvalue weighted by molar-refractivity contribution is -0.137. The van der Waals surface area contributed by atoms with E-state index < -0.39 is 11.7 Å². The summed E-state index contributed by atoms with van der Waals surface area (Å²) in [5.74, 6) is -0.342. The fraction of sp³-hybridized carbons (Fsp3) is 0.125. The zero-order valence-electron chi connectivity index (χ0n) is 12.1. The molecule has 0 saturated carbocycles. The van der Waals surface area contributed by atoms with Crippen LogP contribution in [0, 0.1) is 0 Å². The van der Waals surface area contributed by atoms with Crippen LogP contribution in [0.25, 0.3) is 5.65 Å². The second kappa shape index (κ2) is 6.16. The third-order valence-corrected chi connectivity index (χ3v) is 3.58. The van der Waals surface area contributed by atoms with Crippen molar-refractivity contribution in [2.24, 2.45) is 0 Å². The summed E-state index contributed by atoms with van der Waals surface area (Å²) in [6.07, 6.45) is -2.01. The van der Waals surface area contributed by atoms with Crippen LogP contribution >= 0.6 is 11.6 Å². The van der Waals surface area contributed by atoms with E-state index in [0.29, 0.717) is 21.9 Å². The number of nitrogens with zero attached hydrogens (tertiary/aromatic N) is 2. The largest absolute Gasteiger partial charge is 0.417 e. The van der Waals surface area contributed by atoms with Crippen molar-refractivity contribution >= 4 is 23.2 Å². The minimum Gasteiger partial charge on any atom is -0.346 e. The molecule has 2 heterocycles. The number of hydrogen-bond acceptors (Lipinski definition) is 2. The van der Waals surface area contributed by atoms with Crippen molar-refractivity contribution in [3.05, 3.63) is 70.6 Å². The number of amides is 1. The highest BCUT2D eigenvalue weighted by Crippen LogP contribution is 2.29. The number of imidazole rings is 1. The molecule has 3 aromatic rings. The molecule has 1 amide bonds. The van der Waals surface area contributed by atoms with Gasteiger partial charge >= 0.3 is 6.18 Å². The lowest BCUT2D eigenvalue weighted by Gasteiger charge is -2.05. The molecule has 0 aliphatic heterocycles. The van der Waals surface area contributed by atoms with Gasteiger partial charge in [-0.05, 0) is 30.3 Å².